The molecule has 1 aromatic heterocycles. The molecule has 0 N–H and O–H groups in total. The number of benzene rings is 1. The van der Waals surface area contributed by atoms with Crippen LogP contribution in [0.3, 0.4) is 0 Å². The van der Waals surface area contributed by atoms with Gasteiger partial charge in [-0.05, 0) is 30.7 Å². The highest BCUT2D eigenvalue weighted by molar-refractivity contribution is 6.30. The summed E-state index contributed by atoms with van der Waals surface area (Å²) in [5.74, 6) is -0.352. The second-order valence-corrected chi connectivity index (χ2v) is 7.05. The lowest BCUT2D eigenvalue weighted by Gasteiger charge is -2.34. The van der Waals surface area contributed by atoms with Crippen molar-refractivity contribution >= 4 is 17.5 Å². The molecule has 0 saturated carbocycles. The number of alkyl halides is 3. The predicted molar refractivity (Wildman–Crippen MR) is 95.3 cm³/mol. The number of carbonyl (C=O) groups is 1. The first-order valence-electron chi connectivity index (χ1n) is 8.58. The molecular weight excluding hydrogens is 381 g/mol. The molecule has 2 heterocycles. The molecule has 1 aliphatic heterocycles. The summed E-state index contributed by atoms with van der Waals surface area (Å²) in [6.07, 6.45) is -4.53. The Bertz CT molecular complexity index is 796. The lowest BCUT2D eigenvalue weighted by atomic mass is 10.2. The first-order chi connectivity index (χ1) is 12.7. The van der Waals surface area contributed by atoms with Crippen molar-refractivity contribution in [3.63, 3.8) is 0 Å². The molecule has 2 aromatic rings. The van der Waals surface area contributed by atoms with E-state index in [0.717, 1.165) is 22.9 Å². The van der Waals surface area contributed by atoms with E-state index in [2.05, 4.69) is 10.00 Å². The van der Waals surface area contributed by atoms with Crippen molar-refractivity contribution in [1.29, 1.82) is 0 Å². The lowest BCUT2D eigenvalue weighted by molar-refractivity contribution is -0.146. The number of hydrogen-bond acceptors (Lipinski definition) is 3. The van der Waals surface area contributed by atoms with Crippen molar-refractivity contribution in [3.8, 4) is 0 Å². The third-order valence-corrected chi connectivity index (χ3v) is 4.77. The van der Waals surface area contributed by atoms with Gasteiger partial charge >= 0.3 is 6.18 Å². The first-order valence-corrected chi connectivity index (χ1v) is 8.96. The molecule has 146 valence electrons. The highest BCUT2D eigenvalue weighted by atomic mass is 35.5. The Kier molecular flexibility index (Phi) is 5.76. The van der Waals surface area contributed by atoms with E-state index in [1.54, 1.807) is 4.90 Å². The van der Waals surface area contributed by atoms with Crippen LogP contribution in [0, 0.1) is 6.92 Å². The predicted octanol–water partition coefficient (Wildman–Crippen LogP) is 3.21. The van der Waals surface area contributed by atoms with Gasteiger partial charge < -0.3 is 4.90 Å². The van der Waals surface area contributed by atoms with Crippen LogP contribution in [0.15, 0.2) is 30.3 Å². The van der Waals surface area contributed by atoms with E-state index in [-0.39, 0.29) is 11.6 Å². The number of aryl methyl sites for hydroxylation is 1. The molecular formula is C18H20ClF3N4O. The van der Waals surface area contributed by atoms with Crippen molar-refractivity contribution in [2.45, 2.75) is 26.2 Å². The fourth-order valence-electron chi connectivity index (χ4n) is 3.13. The Morgan fingerprint density at radius 3 is 2.37 bits per heavy atom. The van der Waals surface area contributed by atoms with Gasteiger partial charge in [-0.1, -0.05) is 23.7 Å². The lowest BCUT2D eigenvalue weighted by Crippen LogP contribution is -2.49. The molecule has 3 rings (SSSR count). The SMILES string of the molecule is Cc1cc(C(F)(F)F)n(CC(=O)N2CCN(Cc3ccc(Cl)cc3)CC2)n1. The Morgan fingerprint density at radius 2 is 1.78 bits per heavy atom. The molecule has 0 atom stereocenters. The fraction of sp³-hybridized carbons (Fsp3) is 0.444. The van der Waals surface area contributed by atoms with Gasteiger partial charge in [0.15, 0.2) is 0 Å². The third-order valence-electron chi connectivity index (χ3n) is 4.52. The van der Waals surface area contributed by atoms with Gasteiger partial charge in [0.25, 0.3) is 0 Å². The van der Waals surface area contributed by atoms with E-state index in [0.29, 0.717) is 31.2 Å². The van der Waals surface area contributed by atoms with Crippen LogP contribution in [0.1, 0.15) is 17.0 Å². The zero-order valence-electron chi connectivity index (χ0n) is 14.8. The minimum atomic E-state index is -4.53. The van der Waals surface area contributed by atoms with Crippen LogP contribution >= 0.6 is 11.6 Å². The van der Waals surface area contributed by atoms with E-state index in [1.165, 1.54) is 6.92 Å². The zero-order chi connectivity index (χ0) is 19.6. The van der Waals surface area contributed by atoms with Crippen molar-refractivity contribution in [1.82, 2.24) is 19.6 Å². The minimum absolute atomic E-state index is 0.239. The molecule has 27 heavy (non-hydrogen) atoms. The van der Waals surface area contributed by atoms with Crippen LogP contribution in [0.25, 0.3) is 0 Å². The molecule has 0 radical (unpaired) electrons. The van der Waals surface area contributed by atoms with E-state index >= 15 is 0 Å². The normalized spacial score (nSPS) is 16.0. The largest absolute Gasteiger partial charge is 0.433 e. The van der Waals surface area contributed by atoms with Crippen LogP contribution < -0.4 is 0 Å². The van der Waals surface area contributed by atoms with E-state index < -0.39 is 18.4 Å². The molecule has 1 aliphatic rings. The summed E-state index contributed by atoms with van der Waals surface area (Å²) in [7, 11) is 0. The van der Waals surface area contributed by atoms with Gasteiger partial charge in [-0.15, -0.1) is 0 Å². The monoisotopic (exact) mass is 400 g/mol. The molecule has 0 bridgehead atoms. The second-order valence-electron chi connectivity index (χ2n) is 6.61. The highest BCUT2D eigenvalue weighted by Crippen LogP contribution is 2.29. The van der Waals surface area contributed by atoms with Crippen molar-refractivity contribution in [2.75, 3.05) is 26.2 Å². The van der Waals surface area contributed by atoms with Crippen molar-refractivity contribution in [2.24, 2.45) is 0 Å². The van der Waals surface area contributed by atoms with Gasteiger partial charge in [0.1, 0.15) is 12.2 Å². The number of piperazine rings is 1. The van der Waals surface area contributed by atoms with Gasteiger partial charge in [0.05, 0.1) is 5.69 Å². The smallest absolute Gasteiger partial charge is 0.339 e. The Balaban J connectivity index is 1.55. The summed E-state index contributed by atoms with van der Waals surface area (Å²) in [5, 5.41) is 4.50. The van der Waals surface area contributed by atoms with Gasteiger partial charge in [0.2, 0.25) is 5.91 Å². The molecule has 1 saturated heterocycles. The Morgan fingerprint density at radius 1 is 1.15 bits per heavy atom. The van der Waals surface area contributed by atoms with E-state index in [1.807, 2.05) is 24.3 Å². The van der Waals surface area contributed by atoms with Crippen LogP contribution in [-0.4, -0.2) is 51.7 Å². The molecule has 1 aromatic carbocycles. The average molecular weight is 401 g/mol. The van der Waals surface area contributed by atoms with Crippen LogP contribution in [-0.2, 0) is 24.1 Å². The molecule has 0 unspecified atom stereocenters. The Hall–Kier alpha value is -2.06. The molecule has 0 spiro atoms. The molecule has 5 nitrogen and oxygen atoms in total. The molecule has 1 amide bonds. The summed E-state index contributed by atoms with van der Waals surface area (Å²) < 4.78 is 39.9. The topological polar surface area (TPSA) is 41.4 Å². The van der Waals surface area contributed by atoms with Gasteiger partial charge in [0, 0.05) is 37.7 Å². The Labute approximate surface area is 160 Å². The third kappa shape index (κ3) is 5.01. The van der Waals surface area contributed by atoms with Crippen LogP contribution in [0.5, 0.6) is 0 Å². The van der Waals surface area contributed by atoms with E-state index in [4.69, 9.17) is 11.6 Å². The van der Waals surface area contributed by atoms with Gasteiger partial charge in [-0.25, -0.2) is 0 Å². The highest BCUT2D eigenvalue weighted by Gasteiger charge is 2.36. The van der Waals surface area contributed by atoms with Crippen LogP contribution in [0.4, 0.5) is 13.2 Å². The number of amides is 1. The minimum Gasteiger partial charge on any atom is -0.339 e. The zero-order valence-corrected chi connectivity index (χ0v) is 15.6. The summed E-state index contributed by atoms with van der Waals surface area (Å²) in [5.41, 5.74) is 0.471. The number of rotatable bonds is 4. The number of carbonyl (C=O) groups excluding carboxylic acids is 1. The number of nitrogens with zero attached hydrogens (tertiary/aromatic N) is 4. The van der Waals surface area contributed by atoms with E-state index in [9.17, 15) is 18.0 Å². The maximum absolute atomic E-state index is 13.0. The number of aromatic nitrogens is 2. The molecule has 9 heteroatoms. The molecule has 0 aliphatic carbocycles. The summed E-state index contributed by atoms with van der Waals surface area (Å²) in [6, 6.07) is 8.54. The average Bonchev–Trinajstić information content (AvgIpc) is 2.98. The van der Waals surface area contributed by atoms with Gasteiger partial charge in [-0.2, -0.15) is 18.3 Å². The fourth-order valence-corrected chi connectivity index (χ4v) is 3.25. The summed E-state index contributed by atoms with van der Waals surface area (Å²) in [6.45, 7) is 4.11. The number of halogens is 4. The second kappa shape index (κ2) is 7.90. The summed E-state index contributed by atoms with van der Waals surface area (Å²) in [4.78, 5) is 16.2. The van der Waals surface area contributed by atoms with Crippen molar-refractivity contribution in [3.05, 3.63) is 52.3 Å². The molecule has 1 fully saturated rings. The maximum atomic E-state index is 13.0. The van der Waals surface area contributed by atoms with Crippen molar-refractivity contribution < 1.29 is 18.0 Å². The standard InChI is InChI=1S/C18H20ClF3N4O/c1-13-10-16(18(20,21)22)26(23-13)12-17(27)25-8-6-24(7-9-25)11-14-2-4-15(19)5-3-14/h2-5,10H,6-9,11-12H2,1H3. The first kappa shape index (κ1) is 19.7. The van der Waals surface area contributed by atoms with Gasteiger partial charge in [-0.3, -0.25) is 14.4 Å². The van der Waals surface area contributed by atoms with Crippen LogP contribution in [0.2, 0.25) is 5.02 Å². The quantitative estimate of drug-likeness (QED) is 0.791. The maximum Gasteiger partial charge on any atom is 0.433 e. The summed E-state index contributed by atoms with van der Waals surface area (Å²) >= 11 is 5.88. The number of hydrogen-bond donors (Lipinski definition) is 0.